The molecule has 2 heterocycles. The Bertz CT molecular complexity index is 298. The van der Waals surface area contributed by atoms with Gasteiger partial charge in [-0.05, 0) is 0 Å². The summed E-state index contributed by atoms with van der Waals surface area (Å²) < 4.78 is 0. The highest BCUT2D eigenvalue weighted by Crippen LogP contribution is 2.24. The van der Waals surface area contributed by atoms with Gasteiger partial charge in [0.05, 0.1) is 12.1 Å². The number of rotatable bonds is 0. The molecule has 0 aromatic carbocycles. The molecule has 6 heteroatoms. The Balaban J connectivity index is 2.14. The summed E-state index contributed by atoms with van der Waals surface area (Å²) in [6.07, 6.45) is 1.52. The van der Waals surface area contributed by atoms with E-state index in [-0.39, 0.29) is 25.2 Å². The fourth-order valence-electron chi connectivity index (χ4n) is 1.95. The summed E-state index contributed by atoms with van der Waals surface area (Å²) >= 11 is 0. The third-order valence-corrected chi connectivity index (χ3v) is 2.58. The molecular formula is C8H10N2O4. The quantitative estimate of drug-likeness (QED) is 0.547. The van der Waals surface area contributed by atoms with Gasteiger partial charge in [0.15, 0.2) is 0 Å². The zero-order valence-electron chi connectivity index (χ0n) is 7.33. The molecule has 0 aliphatic carbocycles. The second-order valence-corrected chi connectivity index (χ2v) is 3.40. The van der Waals surface area contributed by atoms with Crippen molar-refractivity contribution in [3.8, 4) is 0 Å². The standard InChI is InChI=1S/C8H10N2O4/c11-7(12)9-3-5-1-2-6(4-9)10(5)8(13)14/h1-2,5-6H,3-4H2,(H,11,12)(H,13,14)/t5-,6+. The largest absolute Gasteiger partial charge is 0.465 e. The van der Waals surface area contributed by atoms with Crippen molar-refractivity contribution in [3.05, 3.63) is 12.2 Å². The van der Waals surface area contributed by atoms with E-state index >= 15 is 0 Å². The zero-order valence-corrected chi connectivity index (χ0v) is 7.33. The van der Waals surface area contributed by atoms with Crippen LogP contribution in [-0.2, 0) is 0 Å². The monoisotopic (exact) mass is 198 g/mol. The van der Waals surface area contributed by atoms with Gasteiger partial charge in [0.1, 0.15) is 0 Å². The first-order valence-electron chi connectivity index (χ1n) is 4.27. The molecule has 0 saturated carbocycles. The van der Waals surface area contributed by atoms with Crippen molar-refractivity contribution >= 4 is 12.2 Å². The molecule has 1 fully saturated rings. The number of piperazine rings is 1. The molecule has 0 radical (unpaired) electrons. The highest BCUT2D eigenvalue weighted by molar-refractivity contribution is 5.70. The van der Waals surface area contributed by atoms with Crippen molar-refractivity contribution in [3.63, 3.8) is 0 Å². The molecule has 2 rings (SSSR count). The van der Waals surface area contributed by atoms with Crippen LogP contribution in [0.3, 0.4) is 0 Å². The van der Waals surface area contributed by atoms with Gasteiger partial charge in [0, 0.05) is 13.1 Å². The molecule has 2 bridgehead atoms. The molecule has 76 valence electrons. The number of hydrogen-bond donors (Lipinski definition) is 2. The van der Waals surface area contributed by atoms with Gasteiger partial charge in [-0.3, -0.25) is 4.90 Å². The van der Waals surface area contributed by atoms with Crippen LogP contribution in [0.5, 0.6) is 0 Å². The summed E-state index contributed by atoms with van der Waals surface area (Å²) in [5, 5.41) is 17.6. The van der Waals surface area contributed by atoms with Crippen molar-refractivity contribution in [2.45, 2.75) is 12.1 Å². The minimum Gasteiger partial charge on any atom is -0.465 e. The molecule has 14 heavy (non-hydrogen) atoms. The normalized spacial score (nSPS) is 29.4. The lowest BCUT2D eigenvalue weighted by Gasteiger charge is -2.38. The molecule has 2 aliphatic heterocycles. The number of nitrogens with zero attached hydrogens (tertiary/aromatic N) is 2. The van der Waals surface area contributed by atoms with Gasteiger partial charge in [-0.25, -0.2) is 9.59 Å². The maximum absolute atomic E-state index is 10.8. The molecule has 0 aromatic rings. The summed E-state index contributed by atoms with van der Waals surface area (Å²) in [6, 6.07) is -0.635. The summed E-state index contributed by atoms with van der Waals surface area (Å²) in [6.45, 7) is 0.462. The fraction of sp³-hybridized carbons (Fsp3) is 0.500. The van der Waals surface area contributed by atoms with Crippen LogP contribution in [0.2, 0.25) is 0 Å². The molecule has 2 N–H and O–H groups in total. The summed E-state index contributed by atoms with van der Waals surface area (Å²) in [4.78, 5) is 24.0. The smallest absolute Gasteiger partial charge is 0.408 e. The van der Waals surface area contributed by atoms with E-state index in [1.807, 2.05) is 0 Å². The van der Waals surface area contributed by atoms with E-state index in [0.29, 0.717) is 0 Å². The van der Waals surface area contributed by atoms with Crippen LogP contribution < -0.4 is 0 Å². The van der Waals surface area contributed by atoms with Crippen molar-refractivity contribution in [2.24, 2.45) is 0 Å². The first kappa shape index (κ1) is 8.86. The molecule has 2 atom stereocenters. The average Bonchev–Trinajstić information content (AvgIpc) is 2.37. The van der Waals surface area contributed by atoms with E-state index < -0.39 is 12.2 Å². The van der Waals surface area contributed by atoms with E-state index in [0.717, 1.165) is 0 Å². The molecular weight excluding hydrogens is 188 g/mol. The molecule has 2 amide bonds. The van der Waals surface area contributed by atoms with Gasteiger partial charge < -0.3 is 15.1 Å². The summed E-state index contributed by atoms with van der Waals surface area (Å²) in [5.74, 6) is 0. The second-order valence-electron chi connectivity index (χ2n) is 3.40. The van der Waals surface area contributed by atoms with Crippen molar-refractivity contribution in [1.29, 1.82) is 0 Å². The van der Waals surface area contributed by atoms with E-state index in [2.05, 4.69) is 0 Å². The van der Waals surface area contributed by atoms with Gasteiger partial charge in [0.25, 0.3) is 0 Å². The molecule has 1 saturated heterocycles. The Morgan fingerprint density at radius 2 is 1.57 bits per heavy atom. The molecule has 2 aliphatic rings. The minimum absolute atomic E-state index is 0.231. The van der Waals surface area contributed by atoms with Crippen molar-refractivity contribution < 1.29 is 19.8 Å². The Hall–Kier alpha value is -1.72. The van der Waals surface area contributed by atoms with Gasteiger partial charge in [-0.2, -0.15) is 0 Å². The van der Waals surface area contributed by atoms with Crippen LogP contribution in [0.4, 0.5) is 9.59 Å². The number of hydrogen-bond acceptors (Lipinski definition) is 2. The predicted molar refractivity (Wildman–Crippen MR) is 46.2 cm³/mol. The van der Waals surface area contributed by atoms with Crippen LogP contribution in [0.25, 0.3) is 0 Å². The van der Waals surface area contributed by atoms with Gasteiger partial charge in [-0.15, -0.1) is 0 Å². The topological polar surface area (TPSA) is 81.1 Å². The Morgan fingerprint density at radius 3 is 1.93 bits per heavy atom. The Kier molecular flexibility index (Phi) is 1.83. The van der Waals surface area contributed by atoms with E-state index in [4.69, 9.17) is 10.2 Å². The van der Waals surface area contributed by atoms with Gasteiger partial charge >= 0.3 is 12.2 Å². The van der Waals surface area contributed by atoms with Crippen molar-refractivity contribution in [1.82, 2.24) is 9.80 Å². The molecule has 6 nitrogen and oxygen atoms in total. The lowest BCUT2D eigenvalue weighted by molar-refractivity contribution is 0.0662. The lowest BCUT2D eigenvalue weighted by Crippen LogP contribution is -2.57. The van der Waals surface area contributed by atoms with Crippen molar-refractivity contribution in [2.75, 3.05) is 13.1 Å². The first-order chi connectivity index (χ1) is 6.59. The highest BCUT2D eigenvalue weighted by atomic mass is 16.4. The molecule has 0 spiro atoms. The van der Waals surface area contributed by atoms with Gasteiger partial charge in [-0.1, -0.05) is 12.2 Å². The molecule has 0 aromatic heterocycles. The third kappa shape index (κ3) is 1.19. The third-order valence-electron chi connectivity index (χ3n) is 2.58. The highest BCUT2D eigenvalue weighted by Gasteiger charge is 2.40. The van der Waals surface area contributed by atoms with E-state index in [1.54, 1.807) is 12.2 Å². The maximum atomic E-state index is 10.8. The summed E-state index contributed by atoms with van der Waals surface area (Å²) in [5.41, 5.74) is 0. The van der Waals surface area contributed by atoms with Crippen LogP contribution in [-0.4, -0.2) is 57.4 Å². The number of carboxylic acid groups (broad SMARTS) is 2. The average molecular weight is 198 g/mol. The fourth-order valence-corrected chi connectivity index (χ4v) is 1.95. The van der Waals surface area contributed by atoms with E-state index in [1.165, 1.54) is 9.80 Å². The molecule has 0 unspecified atom stereocenters. The first-order valence-corrected chi connectivity index (χ1v) is 4.27. The SMILES string of the molecule is O=C(O)N1C[C@H]2C=C[C@@H](C1)N2C(=O)O. The number of fused-ring (bicyclic) bond motifs is 2. The Labute approximate surface area is 80.0 Å². The lowest BCUT2D eigenvalue weighted by atomic mass is 10.2. The second kappa shape index (κ2) is 2.90. The van der Waals surface area contributed by atoms with Crippen LogP contribution in [0.1, 0.15) is 0 Å². The van der Waals surface area contributed by atoms with Gasteiger partial charge in [0.2, 0.25) is 0 Å². The van der Waals surface area contributed by atoms with Crippen LogP contribution in [0, 0.1) is 0 Å². The van der Waals surface area contributed by atoms with Crippen LogP contribution >= 0.6 is 0 Å². The Morgan fingerprint density at radius 1 is 1.07 bits per heavy atom. The number of amides is 2. The van der Waals surface area contributed by atoms with Crippen LogP contribution in [0.15, 0.2) is 12.2 Å². The van der Waals surface area contributed by atoms with E-state index in [9.17, 15) is 9.59 Å². The minimum atomic E-state index is -0.992. The zero-order chi connectivity index (χ0) is 10.3. The maximum Gasteiger partial charge on any atom is 0.408 e. The predicted octanol–water partition coefficient (Wildman–Crippen LogP) is 0.267. The number of carbonyl (C=O) groups is 2. The summed E-state index contributed by atoms with van der Waals surface area (Å²) in [7, 11) is 0.